The van der Waals surface area contributed by atoms with E-state index in [9.17, 15) is 5.11 Å². The second-order valence-corrected chi connectivity index (χ2v) is 4.47. The first-order valence-corrected chi connectivity index (χ1v) is 5.93. The van der Waals surface area contributed by atoms with Crippen molar-refractivity contribution in [2.24, 2.45) is 5.92 Å². The number of nitrogens with zero attached hydrogens (tertiary/aromatic N) is 1. The number of hydrogen-bond donors (Lipinski definition) is 2. The highest BCUT2D eigenvalue weighted by Crippen LogP contribution is 2.15. The summed E-state index contributed by atoms with van der Waals surface area (Å²) in [5, 5.41) is 13.0. The second-order valence-electron chi connectivity index (χ2n) is 4.47. The molecule has 1 heterocycles. The van der Waals surface area contributed by atoms with Crippen LogP contribution >= 0.6 is 0 Å². The minimum atomic E-state index is 0.273. The van der Waals surface area contributed by atoms with Crippen molar-refractivity contribution in [1.29, 1.82) is 0 Å². The molecule has 0 spiro atoms. The van der Waals surface area contributed by atoms with Crippen LogP contribution in [0.1, 0.15) is 38.6 Å². The van der Waals surface area contributed by atoms with Crippen LogP contribution in [0.15, 0.2) is 12.1 Å². The van der Waals surface area contributed by atoms with Crippen molar-refractivity contribution < 1.29 is 5.11 Å². The molecule has 0 saturated carbocycles. The molecule has 1 aromatic heterocycles. The van der Waals surface area contributed by atoms with Crippen LogP contribution in [0.2, 0.25) is 0 Å². The van der Waals surface area contributed by atoms with Gasteiger partial charge in [0.2, 0.25) is 0 Å². The first-order valence-electron chi connectivity index (χ1n) is 5.93. The van der Waals surface area contributed by atoms with Gasteiger partial charge in [0.1, 0.15) is 5.75 Å². The van der Waals surface area contributed by atoms with Crippen molar-refractivity contribution in [3.63, 3.8) is 0 Å². The zero-order chi connectivity index (χ0) is 12.1. The number of pyridine rings is 1. The van der Waals surface area contributed by atoms with Crippen molar-refractivity contribution >= 4 is 0 Å². The third-order valence-electron chi connectivity index (χ3n) is 3.18. The first-order chi connectivity index (χ1) is 7.54. The first kappa shape index (κ1) is 13.0. The fourth-order valence-corrected chi connectivity index (χ4v) is 1.55. The molecule has 3 nitrogen and oxygen atoms in total. The number of aromatic hydroxyl groups is 1. The Morgan fingerprint density at radius 1 is 1.38 bits per heavy atom. The van der Waals surface area contributed by atoms with Gasteiger partial charge >= 0.3 is 0 Å². The molecular formula is C13H22N2O. The van der Waals surface area contributed by atoms with Gasteiger partial charge in [-0.05, 0) is 31.9 Å². The second kappa shape index (κ2) is 5.85. The fourth-order valence-electron chi connectivity index (χ4n) is 1.55. The normalized spacial score (nSPS) is 14.8. The lowest BCUT2D eigenvalue weighted by atomic mass is 10.0. The van der Waals surface area contributed by atoms with E-state index in [1.54, 1.807) is 6.07 Å². The van der Waals surface area contributed by atoms with Gasteiger partial charge in [-0.15, -0.1) is 0 Å². The molecule has 0 radical (unpaired) electrons. The standard InChI is InChI=1S/C13H22N2O/c1-5-9(2)11(4)14-8-12-13(16)7-6-10(3)15-12/h6-7,9,11,14,16H,5,8H2,1-4H3. The van der Waals surface area contributed by atoms with E-state index in [1.807, 2.05) is 13.0 Å². The minimum absolute atomic E-state index is 0.273. The van der Waals surface area contributed by atoms with Gasteiger partial charge in [0.05, 0.1) is 5.69 Å². The van der Waals surface area contributed by atoms with Gasteiger partial charge < -0.3 is 10.4 Å². The summed E-state index contributed by atoms with van der Waals surface area (Å²) in [7, 11) is 0. The van der Waals surface area contributed by atoms with Crippen LogP contribution in [0.4, 0.5) is 0 Å². The number of nitrogens with one attached hydrogen (secondary N) is 1. The van der Waals surface area contributed by atoms with Gasteiger partial charge in [0, 0.05) is 18.3 Å². The number of aromatic nitrogens is 1. The van der Waals surface area contributed by atoms with Crippen molar-refractivity contribution in [3.8, 4) is 5.75 Å². The quantitative estimate of drug-likeness (QED) is 0.805. The lowest BCUT2D eigenvalue weighted by Crippen LogP contribution is -2.31. The molecule has 0 aliphatic carbocycles. The lowest BCUT2D eigenvalue weighted by molar-refractivity contribution is 0.381. The molecule has 16 heavy (non-hydrogen) atoms. The maximum Gasteiger partial charge on any atom is 0.138 e. The maximum atomic E-state index is 9.64. The monoisotopic (exact) mass is 222 g/mol. The van der Waals surface area contributed by atoms with E-state index < -0.39 is 0 Å². The molecule has 0 fully saturated rings. The Balaban J connectivity index is 2.57. The van der Waals surface area contributed by atoms with E-state index in [2.05, 4.69) is 31.1 Å². The average Bonchev–Trinajstić information content (AvgIpc) is 2.28. The molecule has 90 valence electrons. The molecule has 2 atom stereocenters. The molecule has 1 aromatic rings. The van der Waals surface area contributed by atoms with Crippen LogP contribution in [0.5, 0.6) is 5.75 Å². The van der Waals surface area contributed by atoms with Crippen molar-refractivity contribution in [3.05, 3.63) is 23.5 Å². The minimum Gasteiger partial charge on any atom is -0.506 e. The van der Waals surface area contributed by atoms with E-state index in [4.69, 9.17) is 0 Å². The van der Waals surface area contributed by atoms with Crippen LogP contribution in [0, 0.1) is 12.8 Å². The molecule has 1 rings (SSSR count). The van der Waals surface area contributed by atoms with Crippen molar-refractivity contribution in [2.75, 3.05) is 0 Å². The Kier molecular flexibility index (Phi) is 4.74. The fraction of sp³-hybridized carbons (Fsp3) is 0.615. The van der Waals surface area contributed by atoms with E-state index in [-0.39, 0.29) is 5.75 Å². The van der Waals surface area contributed by atoms with Gasteiger partial charge in [0.25, 0.3) is 0 Å². The predicted octanol–water partition coefficient (Wildman–Crippen LogP) is 2.62. The zero-order valence-electron chi connectivity index (χ0n) is 10.6. The number of aryl methyl sites for hydroxylation is 1. The lowest BCUT2D eigenvalue weighted by Gasteiger charge is -2.19. The third kappa shape index (κ3) is 3.49. The Hall–Kier alpha value is -1.09. The Morgan fingerprint density at radius 3 is 2.69 bits per heavy atom. The number of rotatable bonds is 5. The van der Waals surface area contributed by atoms with Gasteiger partial charge in [-0.2, -0.15) is 0 Å². The molecule has 0 aliphatic heterocycles. The predicted molar refractivity (Wildman–Crippen MR) is 66.4 cm³/mol. The van der Waals surface area contributed by atoms with Crippen molar-refractivity contribution in [2.45, 2.75) is 46.7 Å². The van der Waals surface area contributed by atoms with E-state index in [1.165, 1.54) is 0 Å². The van der Waals surface area contributed by atoms with Crippen molar-refractivity contribution in [1.82, 2.24) is 10.3 Å². The summed E-state index contributed by atoms with van der Waals surface area (Å²) in [4.78, 5) is 4.32. The summed E-state index contributed by atoms with van der Waals surface area (Å²) in [5.41, 5.74) is 1.67. The van der Waals surface area contributed by atoms with Crippen LogP contribution < -0.4 is 5.32 Å². The van der Waals surface area contributed by atoms with Crippen LogP contribution in [0.3, 0.4) is 0 Å². The highest BCUT2D eigenvalue weighted by atomic mass is 16.3. The average molecular weight is 222 g/mol. The number of hydrogen-bond acceptors (Lipinski definition) is 3. The third-order valence-corrected chi connectivity index (χ3v) is 3.18. The molecule has 2 unspecified atom stereocenters. The van der Waals surface area contributed by atoms with Crippen LogP contribution in [0.25, 0.3) is 0 Å². The molecule has 0 bridgehead atoms. The summed E-state index contributed by atoms with van der Waals surface area (Å²) >= 11 is 0. The van der Waals surface area contributed by atoms with Crippen LogP contribution in [-0.2, 0) is 6.54 Å². The SMILES string of the molecule is CCC(C)C(C)NCc1nc(C)ccc1O. The molecule has 0 saturated heterocycles. The van der Waals surface area contributed by atoms with Gasteiger partial charge in [-0.3, -0.25) is 4.98 Å². The highest BCUT2D eigenvalue weighted by molar-refractivity contribution is 5.27. The highest BCUT2D eigenvalue weighted by Gasteiger charge is 2.10. The summed E-state index contributed by atoms with van der Waals surface area (Å²) in [5.74, 6) is 0.904. The molecule has 0 aliphatic rings. The summed E-state index contributed by atoms with van der Waals surface area (Å²) < 4.78 is 0. The molecule has 0 aromatic carbocycles. The topological polar surface area (TPSA) is 45.2 Å². The zero-order valence-corrected chi connectivity index (χ0v) is 10.6. The molecule has 0 amide bonds. The molecule has 2 N–H and O–H groups in total. The van der Waals surface area contributed by atoms with Gasteiger partial charge in [0.15, 0.2) is 0 Å². The smallest absolute Gasteiger partial charge is 0.138 e. The largest absolute Gasteiger partial charge is 0.506 e. The Bertz CT molecular complexity index is 339. The van der Waals surface area contributed by atoms with Crippen LogP contribution in [-0.4, -0.2) is 16.1 Å². The Labute approximate surface area is 97.9 Å². The summed E-state index contributed by atoms with van der Waals surface area (Å²) in [6.45, 7) is 9.13. The molecule has 3 heteroatoms. The van der Waals surface area contributed by atoms with Gasteiger partial charge in [-0.1, -0.05) is 20.3 Å². The molecular weight excluding hydrogens is 200 g/mol. The van der Waals surface area contributed by atoms with Gasteiger partial charge in [-0.25, -0.2) is 0 Å². The van der Waals surface area contributed by atoms with E-state index >= 15 is 0 Å². The van der Waals surface area contributed by atoms with E-state index in [0.29, 0.717) is 18.5 Å². The Morgan fingerprint density at radius 2 is 2.06 bits per heavy atom. The summed E-state index contributed by atoms with van der Waals surface area (Å²) in [6.07, 6.45) is 1.15. The maximum absolute atomic E-state index is 9.64. The summed E-state index contributed by atoms with van der Waals surface area (Å²) in [6, 6.07) is 3.95. The van der Waals surface area contributed by atoms with E-state index in [0.717, 1.165) is 17.8 Å².